The third kappa shape index (κ3) is 2.63. The van der Waals surface area contributed by atoms with Gasteiger partial charge >= 0.3 is 0 Å². The van der Waals surface area contributed by atoms with Crippen LogP contribution in [0.3, 0.4) is 0 Å². The largest absolute Gasteiger partial charge is 0.381 e. The van der Waals surface area contributed by atoms with E-state index in [4.69, 9.17) is 11.6 Å². The highest BCUT2D eigenvalue weighted by molar-refractivity contribution is 6.30. The zero-order valence-electron chi connectivity index (χ0n) is 11.2. The van der Waals surface area contributed by atoms with Crippen LogP contribution in [-0.4, -0.2) is 11.0 Å². The molecule has 1 aromatic carbocycles. The Bertz CT molecular complexity index is 624. The van der Waals surface area contributed by atoms with E-state index in [1.54, 1.807) is 12.3 Å². The fourth-order valence-corrected chi connectivity index (χ4v) is 2.77. The van der Waals surface area contributed by atoms with Crippen molar-refractivity contribution in [1.82, 2.24) is 4.98 Å². The fourth-order valence-electron chi connectivity index (χ4n) is 2.67. The normalized spacial score (nSPS) is 21.4. The van der Waals surface area contributed by atoms with Gasteiger partial charge in [-0.2, -0.15) is 0 Å². The van der Waals surface area contributed by atoms with E-state index in [9.17, 15) is 4.39 Å². The van der Waals surface area contributed by atoms with Gasteiger partial charge in [-0.05, 0) is 48.9 Å². The molecule has 1 heterocycles. The van der Waals surface area contributed by atoms with Gasteiger partial charge in [0, 0.05) is 6.04 Å². The van der Waals surface area contributed by atoms with E-state index in [0.717, 1.165) is 29.7 Å². The van der Waals surface area contributed by atoms with Gasteiger partial charge in [0.2, 0.25) is 0 Å². The van der Waals surface area contributed by atoms with Crippen LogP contribution in [0.1, 0.15) is 29.9 Å². The van der Waals surface area contributed by atoms with Crippen LogP contribution in [0.25, 0.3) is 0 Å². The Morgan fingerprint density at radius 2 is 2.05 bits per heavy atom. The summed E-state index contributed by atoms with van der Waals surface area (Å²) in [5, 5.41) is 3.96. The fraction of sp³-hybridized carbons (Fsp3) is 0.312. The van der Waals surface area contributed by atoms with Crippen molar-refractivity contribution in [3.05, 3.63) is 58.6 Å². The number of halogens is 2. The summed E-state index contributed by atoms with van der Waals surface area (Å²) in [6.07, 6.45) is 3.64. The van der Waals surface area contributed by atoms with E-state index >= 15 is 0 Å². The first-order chi connectivity index (χ1) is 9.63. The second kappa shape index (κ2) is 5.41. The number of benzene rings is 1. The van der Waals surface area contributed by atoms with Crippen molar-refractivity contribution in [2.75, 3.05) is 5.32 Å². The van der Waals surface area contributed by atoms with Gasteiger partial charge < -0.3 is 5.32 Å². The van der Waals surface area contributed by atoms with Crippen molar-refractivity contribution < 1.29 is 4.39 Å². The molecule has 0 unspecified atom stereocenters. The molecule has 0 aliphatic heterocycles. The molecular formula is C16H16ClFN2. The number of nitrogens with zero attached hydrogens (tertiary/aromatic N) is 1. The molecule has 1 aliphatic carbocycles. The van der Waals surface area contributed by atoms with Crippen molar-refractivity contribution in [3.63, 3.8) is 0 Å². The first-order valence-electron chi connectivity index (χ1n) is 6.76. The summed E-state index contributed by atoms with van der Waals surface area (Å²) in [5.41, 5.74) is 2.77. The van der Waals surface area contributed by atoms with Gasteiger partial charge in [0.15, 0.2) is 0 Å². The second-order valence-corrected chi connectivity index (χ2v) is 5.72. The molecule has 0 bridgehead atoms. The lowest BCUT2D eigenvalue weighted by Crippen LogP contribution is -2.34. The molecule has 4 heteroatoms. The van der Waals surface area contributed by atoms with Crippen LogP contribution in [0.5, 0.6) is 0 Å². The summed E-state index contributed by atoms with van der Waals surface area (Å²) >= 11 is 5.91. The monoisotopic (exact) mass is 290 g/mol. The van der Waals surface area contributed by atoms with E-state index in [1.165, 1.54) is 6.07 Å². The van der Waals surface area contributed by atoms with Crippen molar-refractivity contribution in [2.24, 2.45) is 0 Å². The molecule has 0 amide bonds. The lowest BCUT2D eigenvalue weighted by molar-refractivity contribution is 0.363. The highest BCUT2D eigenvalue weighted by Gasteiger charge is 2.31. The minimum Gasteiger partial charge on any atom is -0.381 e. The van der Waals surface area contributed by atoms with Crippen molar-refractivity contribution >= 4 is 17.3 Å². The van der Waals surface area contributed by atoms with Gasteiger partial charge in [-0.1, -0.05) is 29.8 Å². The van der Waals surface area contributed by atoms with E-state index in [2.05, 4.69) is 10.3 Å². The minimum atomic E-state index is -0.0973. The molecule has 1 aromatic heterocycles. The summed E-state index contributed by atoms with van der Waals surface area (Å²) in [4.78, 5) is 4.12. The molecule has 0 saturated heterocycles. The smallest absolute Gasteiger partial charge is 0.132 e. The van der Waals surface area contributed by atoms with Crippen molar-refractivity contribution in [2.45, 2.75) is 31.7 Å². The first-order valence-corrected chi connectivity index (χ1v) is 7.14. The van der Waals surface area contributed by atoms with Gasteiger partial charge in [-0.15, -0.1) is 0 Å². The quantitative estimate of drug-likeness (QED) is 0.840. The molecule has 1 saturated carbocycles. The molecular weight excluding hydrogens is 275 g/mol. The third-order valence-electron chi connectivity index (χ3n) is 3.87. The summed E-state index contributed by atoms with van der Waals surface area (Å²) < 4.78 is 13.7. The summed E-state index contributed by atoms with van der Waals surface area (Å²) in [6.45, 7) is 1.93. The Balaban J connectivity index is 1.61. The molecule has 0 radical (unpaired) electrons. The average molecular weight is 291 g/mol. The molecule has 104 valence electrons. The Hall–Kier alpha value is -1.61. The highest BCUT2D eigenvalue weighted by atomic mass is 35.5. The van der Waals surface area contributed by atoms with Gasteiger partial charge in [0.25, 0.3) is 0 Å². The third-order valence-corrected chi connectivity index (χ3v) is 4.26. The molecule has 2 aromatic rings. The van der Waals surface area contributed by atoms with Gasteiger partial charge in [-0.3, -0.25) is 0 Å². The Kier molecular flexibility index (Phi) is 3.62. The molecule has 1 fully saturated rings. The van der Waals surface area contributed by atoms with Crippen molar-refractivity contribution in [3.8, 4) is 0 Å². The highest BCUT2D eigenvalue weighted by Crippen LogP contribution is 2.39. The Morgan fingerprint density at radius 3 is 2.75 bits per heavy atom. The summed E-state index contributed by atoms with van der Waals surface area (Å²) in [5.74, 6) is 0.218. The van der Waals surface area contributed by atoms with E-state index in [1.807, 2.05) is 25.1 Å². The number of nitrogens with one attached hydrogen (secondary N) is 1. The minimum absolute atomic E-state index is 0.0973. The van der Waals surface area contributed by atoms with E-state index in [0.29, 0.717) is 17.1 Å². The lowest BCUT2D eigenvalue weighted by Gasteiger charge is -2.37. The van der Waals surface area contributed by atoms with Crippen LogP contribution >= 0.6 is 11.6 Å². The van der Waals surface area contributed by atoms with Crippen LogP contribution in [0, 0.1) is 12.7 Å². The molecule has 3 rings (SSSR count). The van der Waals surface area contributed by atoms with Gasteiger partial charge in [-0.25, -0.2) is 9.37 Å². The Labute approximate surface area is 123 Å². The van der Waals surface area contributed by atoms with Crippen LogP contribution in [-0.2, 0) is 0 Å². The maximum Gasteiger partial charge on any atom is 0.132 e. The number of rotatable bonds is 3. The first kappa shape index (κ1) is 13.4. The SMILES string of the molecule is Cc1cc(NC2CC(c3ccccc3F)C2)cnc1Cl. The number of aryl methyl sites for hydroxylation is 1. The van der Waals surface area contributed by atoms with Crippen LogP contribution in [0.15, 0.2) is 36.5 Å². The molecule has 2 nitrogen and oxygen atoms in total. The zero-order chi connectivity index (χ0) is 14.1. The molecule has 0 atom stereocenters. The summed E-state index contributed by atoms with van der Waals surface area (Å²) in [6, 6.07) is 9.40. The maximum absolute atomic E-state index is 13.7. The van der Waals surface area contributed by atoms with Crippen LogP contribution in [0.4, 0.5) is 10.1 Å². The predicted octanol–water partition coefficient (Wildman–Crippen LogP) is 4.54. The standard InChI is InChI=1S/C16H16ClFN2/c1-10-6-13(9-19-16(10)17)20-12-7-11(8-12)14-4-2-3-5-15(14)18/h2-6,9,11-12,20H,7-8H2,1H3. The topological polar surface area (TPSA) is 24.9 Å². The number of pyridine rings is 1. The molecule has 1 N–H and O–H groups in total. The number of anilines is 1. The van der Waals surface area contributed by atoms with Crippen LogP contribution in [0.2, 0.25) is 5.15 Å². The number of hydrogen-bond acceptors (Lipinski definition) is 2. The van der Waals surface area contributed by atoms with Crippen LogP contribution < -0.4 is 5.32 Å². The van der Waals surface area contributed by atoms with E-state index in [-0.39, 0.29) is 5.82 Å². The van der Waals surface area contributed by atoms with Gasteiger partial charge in [0.05, 0.1) is 11.9 Å². The molecule has 1 aliphatic rings. The average Bonchev–Trinajstić information content (AvgIpc) is 2.39. The number of aromatic nitrogens is 1. The predicted molar refractivity (Wildman–Crippen MR) is 79.8 cm³/mol. The van der Waals surface area contributed by atoms with Crippen molar-refractivity contribution in [1.29, 1.82) is 0 Å². The van der Waals surface area contributed by atoms with E-state index < -0.39 is 0 Å². The second-order valence-electron chi connectivity index (χ2n) is 5.36. The van der Waals surface area contributed by atoms with Gasteiger partial charge in [0.1, 0.15) is 11.0 Å². The molecule has 0 spiro atoms. The molecule has 20 heavy (non-hydrogen) atoms. The maximum atomic E-state index is 13.7. The Morgan fingerprint density at radius 1 is 1.30 bits per heavy atom. The zero-order valence-corrected chi connectivity index (χ0v) is 12.0. The summed E-state index contributed by atoms with van der Waals surface area (Å²) in [7, 11) is 0. The lowest BCUT2D eigenvalue weighted by atomic mass is 9.75. The number of hydrogen-bond donors (Lipinski definition) is 1.